The molecule has 90 valence electrons. The van der Waals surface area contributed by atoms with Gasteiger partial charge in [0, 0.05) is 6.04 Å². The summed E-state index contributed by atoms with van der Waals surface area (Å²) in [5.41, 5.74) is 0.572. The molecule has 1 aliphatic rings. The zero-order chi connectivity index (χ0) is 11.1. The van der Waals surface area contributed by atoms with Gasteiger partial charge < -0.3 is 5.32 Å². The topological polar surface area (TPSA) is 12.0 Å². The van der Waals surface area contributed by atoms with Gasteiger partial charge in [-0.15, -0.1) is 0 Å². The Morgan fingerprint density at radius 3 is 2.13 bits per heavy atom. The maximum Gasteiger partial charge on any atom is 0.0121 e. The first-order chi connectivity index (χ1) is 7.23. The second kappa shape index (κ2) is 6.52. The molecule has 1 nitrogen and oxygen atoms in total. The van der Waals surface area contributed by atoms with Crippen LogP contribution in [0.25, 0.3) is 0 Å². The number of nitrogens with one attached hydrogen (secondary N) is 1. The van der Waals surface area contributed by atoms with Gasteiger partial charge in [0.25, 0.3) is 0 Å². The summed E-state index contributed by atoms with van der Waals surface area (Å²) in [5, 5.41) is 3.71. The predicted molar refractivity (Wildman–Crippen MR) is 68.2 cm³/mol. The number of hydrogen-bond acceptors (Lipinski definition) is 1. The maximum absolute atomic E-state index is 3.71. The molecule has 1 aliphatic heterocycles. The van der Waals surface area contributed by atoms with E-state index in [1.807, 2.05) is 0 Å². The van der Waals surface area contributed by atoms with Crippen molar-refractivity contribution in [2.24, 2.45) is 5.41 Å². The van der Waals surface area contributed by atoms with Crippen molar-refractivity contribution in [2.45, 2.75) is 78.2 Å². The first-order valence-electron chi connectivity index (χ1n) is 6.96. The highest BCUT2D eigenvalue weighted by atomic mass is 15.0. The van der Waals surface area contributed by atoms with Crippen molar-refractivity contribution in [3.8, 4) is 0 Å². The van der Waals surface area contributed by atoms with E-state index in [4.69, 9.17) is 0 Å². The van der Waals surface area contributed by atoms with Gasteiger partial charge in [0.05, 0.1) is 0 Å². The molecule has 15 heavy (non-hydrogen) atoms. The summed E-state index contributed by atoms with van der Waals surface area (Å²) in [5.74, 6) is 0. The van der Waals surface area contributed by atoms with E-state index in [0.717, 1.165) is 6.04 Å². The predicted octanol–water partition coefficient (Wildman–Crippen LogP) is 4.13. The molecule has 1 unspecified atom stereocenters. The van der Waals surface area contributed by atoms with E-state index in [9.17, 15) is 0 Å². The third kappa shape index (κ3) is 3.79. The van der Waals surface area contributed by atoms with Gasteiger partial charge in [-0.2, -0.15) is 0 Å². The highest BCUT2D eigenvalue weighted by Crippen LogP contribution is 2.37. The van der Waals surface area contributed by atoms with Crippen LogP contribution in [-0.2, 0) is 0 Å². The molecular weight excluding hydrogens is 182 g/mol. The molecule has 0 radical (unpaired) electrons. The van der Waals surface area contributed by atoms with Crippen molar-refractivity contribution < 1.29 is 0 Å². The summed E-state index contributed by atoms with van der Waals surface area (Å²) >= 11 is 0. The summed E-state index contributed by atoms with van der Waals surface area (Å²) in [7, 11) is 0. The zero-order valence-electron chi connectivity index (χ0n) is 10.9. The van der Waals surface area contributed by atoms with Crippen molar-refractivity contribution in [3.05, 3.63) is 0 Å². The minimum absolute atomic E-state index is 0.572. The van der Waals surface area contributed by atoms with Crippen LogP contribution in [0.15, 0.2) is 0 Å². The van der Waals surface area contributed by atoms with Crippen molar-refractivity contribution in [2.75, 3.05) is 6.54 Å². The molecule has 0 bridgehead atoms. The molecule has 1 fully saturated rings. The fourth-order valence-corrected chi connectivity index (χ4v) is 2.91. The average Bonchev–Trinajstić information content (AvgIpc) is 2.77. The Kier molecular flexibility index (Phi) is 5.66. The molecule has 1 heteroatoms. The molecule has 1 N–H and O–H groups in total. The van der Waals surface area contributed by atoms with Crippen molar-refractivity contribution in [3.63, 3.8) is 0 Å². The fraction of sp³-hybridized carbons (Fsp3) is 1.00. The van der Waals surface area contributed by atoms with E-state index >= 15 is 0 Å². The average molecular weight is 211 g/mol. The van der Waals surface area contributed by atoms with Crippen LogP contribution in [0.1, 0.15) is 72.1 Å². The summed E-state index contributed by atoms with van der Waals surface area (Å²) < 4.78 is 0. The maximum atomic E-state index is 3.71. The van der Waals surface area contributed by atoms with Gasteiger partial charge in [-0.1, -0.05) is 46.5 Å². The number of hydrogen-bond donors (Lipinski definition) is 1. The SMILES string of the molecule is CCCCC(C)(CCCC)C1CCCN1. The summed E-state index contributed by atoms with van der Waals surface area (Å²) in [6, 6.07) is 0.801. The Balaban J connectivity index is 2.48. The van der Waals surface area contributed by atoms with Crippen LogP contribution in [0.2, 0.25) is 0 Å². The molecule has 0 aliphatic carbocycles. The van der Waals surface area contributed by atoms with Crippen LogP contribution in [0, 0.1) is 5.41 Å². The van der Waals surface area contributed by atoms with Crippen molar-refractivity contribution in [1.29, 1.82) is 0 Å². The van der Waals surface area contributed by atoms with Gasteiger partial charge in [0.2, 0.25) is 0 Å². The van der Waals surface area contributed by atoms with Crippen LogP contribution in [-0.4, -0.2) is 12.6 Å². The lowest BCUT2D eigenvalue weighted by Gasteiger charge is -2.36. The molecule has 0 spiro atoms. The van der Waals surface area contributed by atoms with Gasteiger partial charge in [-0.25, -0.2) is 0 Å². The Labute approximate surface area is 96.0 Å². The van der Waals surface area contributed by atoms with Crippen LogP contribution in [0.5, 0.6) is 0 Å². The fourth-order valence-electron chi connectivity index (χ4n) is 2.91. The van der Waals surface area contributed by atoms with E-state index in [-0.39, 0.29) is 0 Å². The standard InChI is InChI=1S/C14H29N/c1-4-6-10-14(3,11-7-5-2)13-9-8-12-15-13/h13,15H,4-12H2,1-3H3. The van der Waals surface area contributed by atoms with Crippen molar-refractivity contribution in [1.82, 2.24) is 5.32 Å². The summed E-state index contributed by atoms with van der Waals surface area (Å²) in [4.78, 5) is 0. The summed E-state index contributed by atoms with van der Waals surface area (Å²) in [6.07, 6.45) is 11.1. The van der Waals surface area contributed by atoms with Gasteiger partial charge in [0.1, 0.15) is 0 Å². The lowest BCUT2D eigenvalue weighted by molar-refractivity contribution is 0.185. The molecule has 1 rings (SSSR count). The van der Waals surface area contributed by atoms with E-state index in [2.05, 4.69) is 26.1 Å². The van der Waals surface area contributed by atoms with Gasteiger partial charge >= 0.3 is 0 Å². The second-order valence-corrected chi connectivity index (χ2v) is 5.51. The van der Waals surface area contributed by atoms with E-state index in [0.29, 0.717) is 5.41 Å². The molecule has 0 saturated carbocycles. The van der Waals surface area contributed by atoms with E-state index in [1.165, 1.54) is 57.9 Å². The third-order valence-electron chi connectivity index (χ3n) is 4.10. The molecule has 1 saturated heterocycles. The molecule has 1 heterocycles. The smallest absolute Gasteiger partial charge is 0.0121 e. The van der Waals surface area contributed by atoms with Crippen LogP contribution >= 0.6 is 0 Å². The normalized spacial score (nSPS) is 22.2. The van der Waals surface area contributed by atoms with Crippen LogP contribution < -0.4 is 5.32 Å². The Hall–Kier alpha value is -0.0400. The quantitative estimate of drug-likeness (QED) is 0.668. The summed E-state index contributed by atoms with van der Waals surface area (Å²) in [6.45, 7) is 8.38. The minimum atomic E-state index is 0.572. The molecular formula is C14H29N. The number of unbranched alkanes of at least 4 members (excludes halogenated alkanes) is 2. The monoisotopic (exact) mass is 211 g/mol. The van der Waals surface area contributed by atoms with Crippen LogP contribution in [0.3, 0.4) is 0 Å². The van der Waals surface area contributed by atoms with Gasteiger partial charge in [0.15, 0.2) is 0 Å². The van der Waals surface area contributed by atoms with E-state index < -0.39 is 0 Å². The van der Waals surface area contributed by atoms with Gasteiger partial charge in [-0.05, 0) is 37.6 Å². The number of rotatable bonds is 7. The zero-order valence-corrected chi connectivity index (χ0v) is 10.9. The molecule has 1 atom stereocenters. The third-order valence-corrected chi connectivity index (χ3v) is 4.10. The first-order valence-corrected chi connectivity index (χ1v) is 6.96. The molecule has 0 aromatic rings. The molecule has 0 aromatic heterocycles. The van der Waals surface area contributed by atoms with E-state index in [1.54, 1.807) is 0 Å². The largest absolute Gasteiger partial charge is 0.313 e. The molecule has 0 aromatic carbocycles. The van der Waals surface area contributed by atoms with Crippen molar-refractivity contribution >= 4 is 0 Å². The van der Waals surface area contributed by atoms with Gasteiger partial charge in [-0.3, -0.25) is 0 Å². The highest BCUT2D eigenvalue weighted by Gasteiger charge is 2.34. The Morgan fingerprint density at radius 1 is 1.13 bits per heavy atom. The highest BCUT2D eigenvalue weighted by molar-refractivity contribution is 4.90. The second-order valence-electron chi connectivity index (χ2n) is 5.51. The lowest BCUT2D eigenvalue weighted by atomic mass is 9.73. The Bertz CT molecular complexity index is 151. The Morgan fingerprint density at radius 2 is 1.73 bits per heavy atom. The lowest BCUT2D eigenvalue weighted by Crippen LogP contribution is -2.39. The minimum Gasteiger partial charge on any atom is -0.313 e. The first kappa shape index (κ1) is 13.0. The van der Waals surface area contributed by atoms with Crippen LogP contribution in [0.4, 0.5) is 0 Å². The molecule has 0 amide bonds.